The first-order valence-electron chi connectivity index (χ1n) is 12.7. The van der Waals surface area contributed by atoms with Gasteiger partial charge in [-0.25, -0.2) is 0 Å². The number of benzene rings is 3. The van der Waals surface area contributed by atoms with Crippen molar-refractivity contribution < 1.29 is 14.3 Å². The average Bonchev–Trinajstić information content (AvgIpc) is 3.13. The maximum absolute atomic E-state index is 13.3. The van der Waals surface area contributed by atoms with Crippen molar-refractivity contribution in [2.24, 2.45) is 4.99 Å². The number of Topliss-reactive ketones (excluding diaryl/α,β-unsaturated/α-hetero) is 1. The maximum atomic E-state index is 13.3. The van der Waals surface area contributed by atoms with Crippen molar-refractivity contribution in [2.45, 2.75) is 58.0 Å². The van der Waals surface area contributed by atoms with E-state index in [0.29, 0.717) is 33.8 Å². The highest BCUT2D eigenvalue weighted by Gasteiger charge is 2.59. The van der Waals surface area contributed by atoms with E-state index >= 15 is 0 Å². The molecule has 0 bridgehead atoms. The van der Waals surface area contributed by atoms with Crippen LogP contribution < -0.4 is 4.74 Å². The minimum absolute atomic E-state index is 0.0269. The molecular weight excluding hydrogens is 555 g/mol. The SMILES string of the molecule is CCOc1cc(C(C)(C)C(C)=O)ccc1C1=NC(C)(c2ccc(Cl)cc2)C(C)(c2ccc(Cl)cc2)N1C(=O)Cl. The van der Waals surface area contributed by atoms with Crippen LogP contribution in [0.2, 0.25) is 10.0 Å². The van der Waals surface area contributed by atoms with Crippen LogP contribution in [-0.2, 0) is 21.3 Å². The third-order valence-corrected chi connectivity index (χ3v) is 8.72. The lowest BCUT2D eigenvalue weighted by molar-refractivity contribution is -0.121. The molecular formula is C31H31Cl3N2O3. The van der Waals surface area contributed by atoms with E-state index in [4.69, 9.17) is 44.5 Å². The van der Waals surface area contributed by atoms with Crippen molar-refractivity contribution in [1.82, 2.24) is 4.90 Å². The number of nitrogens with zero attached hydrogens (tertiary/aromatic N) is 2. The minimum atomic E-state index is -1.06. The molecule has 4 rings (SSSR count). The summed E-state index contributed by atoms with van der Waals surface area (Å²) in [6.07, 6.45) is 0. The molecule has 0 saturated carbocycles. The normalized spacial score (nSPS) is 21.1. The second kappa shape index (κ2) is 10.6. The molecule has 0 spiro atoms. The number of hydrogen-bond acceptors (Lipinski definition) is 4. The summed E-state index contributed by atoms with van der Waals surface area (Å²) in [5.74, 6) is 0.893. The van der Waals surface area contributed by atoms with Gasteiger partial charge in [0.05, 0.1) is 12.2 Å². The highest BCUT2D eigenvalue weighted by atomic mass is 35.5. The summed E-state index contributed by atoms with van der Waals surface area (Å²) < 4.78 is 6.06. The van der Waals surface area contributed by atoms with Crippen LogP contribution in [0.5, 0.6) is 5.75 Å². The Kier molecular flexibility index (Phi) is 7.92. The minimum Gasteiger partial charge on any atom is -0.493 e. The van der Waals surface area contributed by atoms with Crippen LogP contribution in [-0.4, -0.2) is 28.5 Å². The summed E-state index contributed by atoms with van der Waals surface area (Å²) >= 11 is 18.8. The van der Waals surface area contributed by atoms with E-state index in [1.807, 2.05) is 77.1 Å². The molecule has 0 fully saturated rings. The Bertz CT molecular complexity index is 1450. The zero-order valence-electron chi connectivity index (χ0n) is 22.8. The van der Waals surface area contributed by atoms with Gasteiger partial charge < -0.3 is 4.74 Å². The topological polar surface area (TPSA) is 59.0 Å². The first kappa shape index (κ1) is 29.1. The molecule has 0 radical (unpaired) electrons. The summed E-state index contributed by atoms with van der Waals surface area (Å²) in [5, 5.41) is 0.463. The summed E-state index contributed by atoms with van der Waals surface area (Å²) in [6, 6.07) is 20.3. The Morgan fingerprint density at radius 2 is 1.46 bits per heavy atom. The Hall–Kier alpha value is -2.86. The molecule has 1 heterocycles. The van der Waals surface area contributed by atoms with Crippen LogP contribution in [0.1, 0.15) is 63.8 Å². The molecule has 0 aromatic heterocycles. The van der Waals surface area contributed by atoms with Crippen molar-refractivity contribution in [1.29, 1.82) is 0 Å². The van der Waals surface area contributed by atoms with Crippen molar-refractivity contribution in [3.63, 3.8) is 0 Å². The lowest BCUT2D eigenvalue weighted by Crippen LogP contribution is -2.53. The number of halogens is 3. The maximum Gasteiger partial charge on any atom is 0.322 e. The van der Waals surface area contributed by atoms with Gasteiger partial charge in [0.1, 0.15) is 28.4 Å². The van der Waals surface area contributed by atoms with Gasteiger partial charge in [-0.15, -0.1) is 0 Å². The van der Waals surface area contributed by atoms with Gasteiger partial charge in [-0.1, -0.05) is 53.5 Å². The molecule has 0 N–H and O–H groups in total. The van der Waals surface area contributed by atoms with Crippen LogP contribution in [0.15, 0.2) is 71.7 Å². The molecule has 1 aliphatic heterocycles. The van der Waals surface area contributed by atoms with E-state index in [1.54, 1.807) is 31.2 Å². The molecule has 204 valence electrons. The van der Waals surface area contributed by atoms with Crippen molar-refractivity contribution in [3.8, 4) is 5.75 Å². The van der Waals surface area contributed by atoms with E-state index < -0.39 is 21.9 Å². The molecule has 0 aliphatic carbocycles. The number of amides is 1. The second-order valence-corrected chi connectivity index (χ2v) is 11.7. The van der Waals surface area contributed by atoms with Crippen LogP contribution in [0.25, 0.3) is 0 Å². The van der Waals surface area contributed by atoms with E-state index in [2.05, 4.69) is 0 Å². The fourth-order valence-corrected chi connectivity index (χ4v) is 5.62. The van der Waals surface area contributed by atoms with Crippen molar-refractivity contribution in [3.05, 3.63) is 99.0 Å². The zero-order chi connectivity index (χ0) is 28.8. The van der Waals surface area contributed by atoms with Gasteiger partial charge in [0.2, 0.25) is 0 Å². The number of hydrogen-bond donors (Lipinski definition) is 0. The number of rotatable bonds is 7. The quantitative estimate of drug-likeness (QED) is 0.206. The summed E-state index contributed by atoms with van der Waals surface area (Å²) in [6.45, 7) is 11.5. The lowest BCUT2D eigenvalue weighted by Gasteiger charge is -2.44. The molecule has 5 nitrogen and oxygen atoms in total. The molecule has 39 heavy (non-hydrogen) atoms. The summed E-state index contributed by atoms with van der Waals surface area (Å²) in [7, 11) is 0. The Morgan fingerprint density at radius 3 is 1.95 bits per heavy atom. The van der Waals surface area contributed by atoms with Crippen LogP contribution >= 0.6 is 34.8 Å². The monoisotopic (exact) mass is 584 g/mol. The van der Waals surface area contributed by atoms with Crippen LogP contribution in [0.4, 0.5) is 4.79 Å². The van der Waals surface area contributed by atoms with Crippen molar-refractivity contribution in [2.75, 3.05) is 6.61 Å². The molecule has 2 atom stereocenters. The van der Waals surface area contributed by atoms with E-state index in [0.717, 1.165) is 16.7 Å². The Morgan fingerprint density at radius 1 is 0.923 bits per heavy atom. The van der Waals surface area contributed by atoms with Gasteiger partial charge in [0, 0.05) is 15.5 Å². The molecule has 1 aliphatic rings. The predicted molar refractivity (Wildman–Crippen MR) is 159 cm³/mol. The third kappa shape index (κ3) is 4.86. The van der Waals surface area contributed by atoms with E-state index in [-0.39, 0.29) is 5.78 Å². The lowest BCUT2D eigenvalue weighted by atomic mass is 9.71. The largest absolute Gasteiger partial charge is 0.493 e. The summed E-state index contributed by atoms with van der Waals surface area (Å²) in [4.78, 5) is 32.5. The van der Waals surface area contributed by atoms with E-state index in [1.165, 1.54) is 4.90 Å². The van der Waals surface area contributed by atoms with Gasteiger partial charge in [-0.3, -0.25) is 19.5 Å². The molecule has 0 saturated heterocycles. The Labute approximate surface area is 244 Å². The first-order chi connectivity index (χ1) is 18.3. The molecule has 3 aromatic rings. The zero-order valence-corrected chi connectivity index (χ0v) is 25.1. The fraction of sp³-hybridized carbons (Fsp3) is 0.323. The van der Waals surface area contributed by atoms with Crippen molar-refractivity contribution >= 4 is 51.8 Å². The van der Waals surface area contributed by atoms with Gasteiger partial charge >= 0.3 is 5.37 Å². The smallest absolute Gasteiger partial charge is 0.322 e. The van der Waals surface area contributed by atoms with Crippen LogP contribution in [0.3, 0.4) is 0 Å². The second-order valence-electron chi connectivity index (χ2n) is 10.5. The summed E-state index contributed by atoms with van der Waals surface area (Å²) in [5.41, 5.74) is 0.266. The molecule has 8 heteroatoms. The molecule has 3 aromatic carbocycles. The molecule has 2 unspecified atom stereocenters. The van der Waals surface area contributed by atoms with E-state index in [9.17, 15) is 9.59 Å². The number of amidine groups is 1. The van der Waals surface area contributed by atoms with Crippen LogP contribution in [0, 0.1) is 0 Å². The number of aliphatic imine (C=N–C) groups is 1. The number of carbonyl (C=O) groups is 2. The fourth-order valence-electron chi connectivity index (χ4n) is 5.12. The van der Waals surface area contributed by atoms with Gasteiger partial charge in [-0.05, 0) is 106 Å². The van der Waals surface area contributed by atoms with Gasteiger partial charge in [-0.2, -0.15) is 0 Å². The average molecular weight is 586 g/mol. The van der Waals surface area contributed by atoms with Gasteiger partial charge in [0.15, 0.2) is 0 Å². The number of carbonyl (C=O) groups excluding carboxylic acids is 2. The predicted octanol–water partition coefficient (Wildman–Crippen LogP) is 8.51. The highest BCUT2D eigenvalue weighted by Crippen LogP contribution is 2.54. The first-order valence-corrected chi connectivity index (χ1v) is 13.8. The number of ether oxygens (including phenoxy) is 1. The number of ketones is 1. The van der Waals surface area contributed by atoms with Gasteiger partial charge in [0.25, 0.3) is 0 Å². The standard InChI is InChI=1S/C31H31Cl3N2O3/c1-7-39-26-18-22(29(3,4)19(2)37)12-17-25(26)27-35-30(5,20-8-13-23(32)14-9-20)31(6,36(27)28(34)38)21-10-15-24(33)16-11-21/h8-18H,7H2,1-6H3. The molecule has 1 amide bonds. The highest BCUT2D eigenvalue weighted by molar-refractivity contribution is 6.64. The third-order valence-electron chi connectivity index (χ3n) is 8.05. The Balaban J connectivity index is 2.03.